The Balaban J connectivity index is 2.60. The summed E-state index contributed by atoms with van der Waals surface area (Å²) in [6.45, 7) is 6.42. The number of hydrogen-bond acceptors (Lipinski definition) is 4. The Kier molecular flexibility index (Phi) is 6.53. The summed E-state index contributed by atoms with van der Waals surface area (Å²) >= 11 is 0. The maximum atomic E-state index is 13.6. The lowest BCUT2D eigenvalue weighted by Crippen LogP contribution is -2.40. The second-order valence-corrected chi connectivity index (χ2v) is 6.55. The Morgan fingerprint density at radius 3 is 2.57 bits per heavy atom. The van der Waals surface area contributed by atoms with Crippen LogP contribution in [-0.4, -0.2) is 47.7 Å². The Morgan fingerprint density at radius 1 is 1.35 bits per heavy atom. The SMILES string of the molecule is CCOC(=O)C=CCCC1CC(F)(F)CN1C(=O)OC(C)(C)C. The highest BCUT2D eigenvalue weighted by Gasteiger charge is 2.47. The minimum atomic E-state index is -2.91. The van der Waals surface area contributed by atoms with Gasteiger partial charge < -0.3 is 9.47 Å². The largest absolute Gasteiger partial charge is 0.463 e. The van der Waals surface area contributed by atoms with E-state index in [9.17, 15) is 18.4 Å². The monoisotopic (exact) mass is 333 g/mol. The van der Waals surface area contributed by atoms with Gasteiger partial charge >= 0.3 is 12.1 Å². The van der Waals surface area contributed by atoms with Crippen LogP contribution in [0.3, 0.4) is 0 Å². The summed E-state index contributed by atoms with van der Waals surface area (Å²) in [5.41, 5.74) is -0.733. The van der Waals surface area contributed by atoms with Gasteiger partial charge in [-0.3, -0.25) is 4.90 Å². The first-order valence-electron chi connectivity index (χ1n) is 7.75. The van der Waals surface area contributed by atoms with Crippen LogP contribution < -0.4 is 0 Å². The molecule has 23 heavy (non-hydrogen) atoms. The molecule has 1 aliphatic rings. The number of carbonyl (C=O) groups is 2. The van der Waals surface area contributed by atoms with Crippen LogP contribution >= 0.6 is 0 Å². The quantitative estimate of drug-likeness (QED) is 0.570. The number of ether oxygens (including phenoxy) is 2. The van der Waals surface area contributed by atoms with Crippen molar-refractivity contribution < 1.29 is 27.8 Å². The summed E-state index contributed by atoms with van der Waals surface area (Å²) < 4.78 is 37.2. The van der Waals surface area contributed by atoms with Crippen LogP contribution in [0.15, 0.2) is 12.2 Å². The normalized spacial score (nSPS) is 20.8. The Labute approximate surface area is 135 Å². The van der Waals surface area contributed by atoms with Crippen LogP contribution in [0.1, 0.15) is 47.0 Å². The lowest BCUT2D eigenvalue weighted by Gasteiger charge is -2.28. The first kappa shape index (κ1) is 19.4. The molecule has 1 atom stereocenters. The van der Waals surface area contributed by atoms with Gasteiger partial charge in [0.25, 0.3) is 5.92 Å². The second kappa shape index (κ2) is 7.75. The van der Waals surface area contributed by atoms with Crippen LogP contribution in [-0.2, 0) is 14.3 Å². The fraction of sp³-hybridized carbons (Fsp3) is 0.750. The molecule has 0 aliphatic carbocycles. The van der Waals surface area contributed by atoms with Crippen LogP contribution in [0.5, 0.6) is 0 Å². The summed E-state index contributed by atoms with van der Waals surface area (Å²) in [4.78, 5) is 24.3. The molecule has 0 N–H and O–H groups in total. The Hall–Kier alpha value is -1.66. The molecular formula is C16H25F2NO4. The third kappa shape index (κ3) is 6.97. The van der Waals surface area contributed by atoms with E-state index >= 15 is 0 Å². The van der Waals surface area contributed by atoms with Gasteiger partial charge in [0.05, 0.1) is 13.2 Å². The van der Waals surface area contributed by atoms with Gasteiger partial charge in [-0.2, -0.15) is 0 Å². The molecular weight excluding hydrogens is 308 g/mol. The molecule has 0 aromatic rings. The molecule has 1 rings (SSSR count). The molecule has 1 unspecified atom stereocenters. The zero-order valence-electron chi connectivity index (χ0n) is 14.1. The maximum Gasteiger partial charge on any atom is 0.410 e. The van der Waals surface area contributed by atoms with Crippen molar-refractivity contribution in [1.82, 2.24) is 4.90 Å². The molecule has 7 heteroatoms. The number of carbonyl (C=O) groups excluding carboxylic acids is 2. The highest BCUT2D eigenvalue weighted by Crippen LogP contribution is 2.35. The molecule has 0 saturated carbocycles. The molecule has 0 aromatic carbocycles. The van der Waals surface area contributed by atoms with Crippen molar-refractivity contribution in [2.75, 3.05) is 13.2 Å². The van der Waals surface area contributed by atoms with E-state index in [1.54, 1.807) is 33.8 Å². The molecule has 0 bridgehead atoms. The van der Waals surface area contributed by atoms with Crippen molar-refractivity contribution in [2.24, 2.45) is 0 Å². The van der Waals surface area contributed by atoms with Gasteiger partial charge in [-0.25, -0.2) is 18.4 Å². The first-order valence-corrected chi connectivity index (χ1v) is 7.75. The van der Waals surface area contributed by atoms with Crippen molar-refractivity contribution >= 4 is 12.1 Å². The molecule has 1 heterocycles. The summed E-state index contributed by atoms with van der Waals surface area (Å²) in [6, 6.07) is -0.605. The minimum Gasteiger partial charge on any atom is -0.463 e. The number of nitrogens with zero attached hydrogens (tertiary/aromatic N) is 1. The average molecular weight is 333 g/mol. The molecule has 1 amide bonds. The van der Waals surface area contributed by atoms with E-state index in [2.05, 4.69) is 0 Å². The van der Waals surface area contributed by atoms with Gasteiger partial charge in [-0.15, -0.1) is 0 Å². The van der Waals surface area contributed by atoms with E-state index in [0.29, 0.717) is 12.8 Å². The lowest BCUT2D eigenvalue weighted by atomic mass is 10.1. The highest BCUT2D eigenvalue weighted by molar-refractivity contribution is 5.81. The fourth-order valence-electron chi connectivity index (χ4n) is 2.35. The second-order valence-electron chi connectivity index (χ2n) is 6.55. The van der Waals surface area contributed by atoms with Gasteiger partial charge in [0.2, 0.25) is 0 Å². The third-order valence-corrected chi connectivity index (χ3v) is 3.21. The van der Waals surface area contributed by atoms with Gasteiger partial charge in [0.1, 0.15) is 5.60 Å². The highest BCUT2D eigenvalue weighted by atomic mass is 19.3. The number of halogens is 2. The number of rotatable bonds is 5. The zero-order chi connectivity index (χ0) is 17.7. The zero-order valence-corrected chi connectivity index (χ0v) is 14.1. The number of allylic oxidation sites excluding steroid dienone is 1. The summed E-state index contributed by atoms with van der Waals surface area (Å²) in [6.07, 6.45) is 2.47. The van der Waals surface area contributed by atoms with Gasteiger partial charge in [0.15, 0.2) is 0 Å². The smallest absolute Gasteiger partial charge is 0.410 e. The van der Waals surface area contributed by atoms with Crippen LogP contribution in [0.4, 0.5) is 13.6 Å². The van der Waals surface area contributed by atoms with Crippen LogP contribution in [0, 0.1) is 0 Å². The molecule has 0 radical (unpaired) electrons. The number of esters is 1. The van der Waals surface area contributed by atoms with E-state index in [1.165, 1.54) is 6.08 Å². The maximum absolute atomic E-state index is 13.6. The van der Waals surface area contributed by atoms with Crippen molar-refractivity contribution in [3.63, 3.8) is 0 Å². The van der Waals surface area contributed by atoms with Crippen LogP contribution in [0.25, 0.3) is 0 Å². The van der Waals surface area contributed by atoms with Gasteiger partial charge in [0, 0.05) is 18.5 Å². The van der Waals surface area contributed by atoms with E-state index in [0.717, 1.165) is 4.90 Å². The van der Waals surface area contributed by atoms with E-state index < -0.39 is 36.2 Å². The number of hydrogen-bond donors (Lipinski definition) is 0. The molecule has 1 fully saturated rings. The van der Waals surface area contributed by atoms with Crippen molar-refractivity contribution in [1.29, 1.82) is 0 Å². The van der Waals surface area contributed by atoms with Crippen molar-refractivity contribution in [3.05, 3.63) is 12.2 Å². The molecule has 1 saturated heterocycles. The Bertz CT molecular complexity index is 457. The van der Waals surface area contributed by atoms with Gasteiger partial charge in [-0.05, 0) is 40.5 Å². The minimum absolute atomic E-state index is 0.282. The summed E-state index contributed by atoms with van der Waals surface area (Å²) in [5.74, 6) is -3.37. The topological polar surface area (TPSA) is 55.8 Å². The third-order valence-electron chi connectivity index (χ3n) is 3.21. The first-order chi connectivity index (χ1) is 10.5. The van der Waals surface area contributed by atoms with E-state index in [1.807, 2.05) is 0 Å². The van der Waals surface area contributed by atoms with Gasteiger partial charge in [-0.1, -0.05) is 6.08 Å². The average Bonchev–Trinajstić information content (AvgIpc) is 2.68. The molecule has 132 valence electrons. The lowest BCUT2D eigenvalue weighted by molar-refractivity contribution is -0.137. The molecule has 0 spiro atoms. The number of amides is 1. The van der Waals surface area contributed by atoms with E-state index in [4.69, 9.17) is 9.47 Å². The van der Waals surface area contributed by atoms with Crippen molar-refractivity contribution in [3.8, 4) is 0 Å². The Morgan fingerprint density at radius 2 is 2.00 bits per heavy atom. The molecule has 0 aromatic heterocycles. The predicted octanol–water partition coefficient (Wildman–Crippen LogP) is 3.53. The fourth-order valence-corrected chi connectivity index (χ4v) is 2.35. The van der Waals surface area contributed by atoms with Crippen LogP contribution in [0.2, 0.25) is 0 Å². The predicted molar refractivity (Wildman–Crippen MR) is 81.3 cm³/mol. The summed E-state index contributed by atoms with van der Waals surface area (Å²) in [5, 5.41) is 0. The van der Waals surface area contributed by atoms with E-state index in [-0.39, 0.29) is 13.0 Å². The number of likely N-dealkylation sites (tertiary alicyclic amines) is 1. The van der Waals surface area contributed by atoms with Crippen molar-refractivity contribution in [2.45, 2.75) is 64.5 Å². The molecule has 5 nitrogen and oxygen atoms in total. The standard InChI is InChI=1S/C16H25F2NO4/c1-5-22-13(20)9-7-6-8-12-10-16(17,18)11-19(12)14(21)23-15(2,3)4/h7,9,12H,5-6,8,10-11H2,1-4H3. The summed E-state index contributed by atoms with van der Waals surface area (Å²) in [7, 11) is 0. The molecule has 1 aliphatic heterocycles. The number of alkyl halides is 2.